The zero-order valence-electron chi connectivity index (χ0n) is 15.7. The van der Waals surface area contributed by atoms with E-state index in [1.807, 2.05) is 6.07 Å². The first-order chi connectivity index (χ1) is 11.1. The molecule has 0 aliphatic carbocycles. The highest BCUT2D eigenvalue weighted by Gasteiger charge is 2.38. The maximum Gasteiger partial charge on any atom is 0.192 e. The summed E-state index contributed by atoms with van der Waals surface area (Å²) in [7, 11) is -1.72. The van der Waals surface area contributed by atoms with Crippen LogP contribution in [0, 0.1) is 0 Å². The van der Waals surface area contributed by atoms with Gasteiger partial charge in [-0.1, -0.05) is 79.2 Å². The largest absolute Gasteiger partial charge is 0.414 e. The third-order valence-corrected chi connectivity index (χ3v) is 10.2. The van der Waals surface area contributed by atoms with Crippen LogP contribution in [0.2, 0.25) is 18.1 Å². The monoisotopic (exact) mass is 404 g/mol. The summed E-state index contributed by atoms with van der Waals surface area (Å²) in [4.78, 5) is 0. The fourth-order valence-electron chi connectivity index (χ4n) is 2.61. The highest BCUT2D eigenvalue weighted by atomic mass is 79.9. The summed E-state index contributed by atoms with van der Waals surface area (Å²) in [6, 6.07) is 17.2. The van der Waals surface area contributed by atoms with Crippen LogP contribution in [-0.4, -0.2) is 14.4 Å². The van der Waals surface area contributed by atoms with E-state index in [-0.39, 0.29) is 11.1 Å². The fourth-order valence-corrected chi connectivity index (χ4v) is 4.57. The summed E-state index contributed by atoms with van der Waals surface area (Å²) in [6.45, 7) is 13.7. The van der Waals surface area contributed by atoms with E-state index in [1.165, 1.54) is 16.7 Å². The molecule has 24 heavy (non-hydrogen) atoms. The third kappa shape index (κ3) is 4.81. The molecule has 0 saturated heterocycles. The molecule has 0 saturated carbocycles. The lowest BCUT2D eigenvalue weighted by molar-refractivity contribution is 0.199. The highest BCUT2D eigenvalue weighted by Crippen LogP contribution is 2.37. The number of halogens is 1. The fraction of sp³-hybridized carbons (Fsp3) is 0.429. The number of rotatable bonds is 5. The van der Waals surface area contributed by atoms with Gasteiger partial charge < -0.3 is 4.43 Å². The molecule has 3 heteroatoms. The molecule has 0 fully saturated rings. The molecule has 1 unspecified atom stereocenters. The molecule has 0 N–H and O–H groups in total. The first kappa shape index (κ1) is 19.4. The van der Waals surface area contributed by atoms with Crippen molar-refractivity contribution in [2.75, 3.05) is 0 Å². The van der Waals surface area contributed by atoms with E-state index < -0.39 is 8.32 Å². The van der Waals surface area contributed by atoms with Gasteiger partial charge in [-0.2, -0.15) is 0 Å². The minimum atomic E-state index is -1.72. The SMILES string of the molecule is CC(Cc1cccc(-c2ccccc2Br)c1)O[Si](C)(C)C(C)(C)C. The Morgan fingerprint density at radius 2 is 1.71 bits per heavy atom. The molecule has 0 spiro atoms. The summed E-state index contributed by atoms with van der Waals surface area (Å²) in [6.07, 6.45) is 1.19. The Hall–Kier alpha value is -0.903. The van der Waals surface area contributed by atoms with Crippen molar-refractivity contribution in [3.05, 3.63) is 58.6 Å². The second-order valence-electron chi connectivity index (χ2n) is 8.07. The van der Waals surface area contributed by atoms with Crippen LogP contribution in [0.3, 0.4) is 0 Å². The van der Waals surface area contributed by atoms with E-state index >= 15 is 0 Å². The van der Waals surface area contributed by atoms with Crippen LogP contribution in [0.25, 0.3) is 11.1 Å². The van der Waals surface area contributed by atoms with Crippen LogP contribution in [0.1, 0.15) is 33.3 Å². The van der Waals surface area contributed by atoms with Crippen molar-refractivity contribution in [2.24, 2.45) is 0 Å². The third-order valence-electron chi connectivity index (χ3n) is 4.94. The topological polar surface area (TPSA) is 9.23 Å². The van der Waals surface area contributed by atoms with Gasteiger partial charge >= 0.3 is 0 Å². The van der Waals surface area contributed by atoms with Gasteiger partial charge in [-0.3, -0.25) is 0 Å². The van der Waals surface area contributed by atoms with E-state index in [1.54, 1.807) is 0 Å². The molecule has 0 bridgehead atoms. The smallest absolute Gasteiger partial charge is 0.192 e. The molecule has 0 aliphatic heterocycles. The first-order valence-corrected chi connectivity index (χ1v) is 12.3. The van der Waals surface area contributed by atoms with Gasteiger partial charge in [0.05, 0.1) is 0 Å². The lowest BCUT2D eigenvalue weighted by atomic mass is 10.0. The first-order valence-electron chi connectivity index (χ1n) is 8.62. The number of benzene rings is 2. The summed E-state index contributed by atoms with van der Waals surface area (Å²) >= 11 is 3.65. The summed E-state index contributed by atoms with van der Waals surface area (Å²) < 4.78 is 7.64. The molecule has 0 aliphatic rings. The van der Waals surface area contributed by atoms with Crippen LogP contribution in [0.15, 0.2) is 53.0 Å². The average Bonchev–Trinajstić information content (AvgIpc) is 2.46. The Bertz CT molecular complexity index is 688. The van der Waals surface area contributed by atoms with Crippen LogP contribution in [0.5, 0.6) is 0 Å². The highest BCUT2D eigenvalue weighted by molar-refractivity contribution is 9.10. The molecular weight excluding hydrogens is 376 g/mol. The second-order valence-corrected chi connectivity index (χ2v) is 13.7. The molecule has 0 radical (unpaired) electrons. The van der Waals surface area contributed by atoms with Gasteiger partial charge in [0.15, 0.2) is 8.32 Å². The van der Waals surface area contributed by atoms with Crippen LogP contribution >= 0.6 is 15.9 Å². The molecule has 2 aromatic rings. The van der Waals surface area contributed by atoms with Crippen molar-refractivity contribution in [3.63, 3.8) is 0 Å². The van der Waals surface area contributed by atoms with Crippen molar-refractivity contribution < 1.29 is 4.43 Å². The molecule has 2 aromatic carbocycles. The lowest BCUT2D eigenvalue weighted by Crippen LogP contribution is -2.43. The van der Waals surface area contributed by atoms with Gasteiger partial charge in [0, 0.05) is 10.6 Å². The number of hydrogen-bond acceptors (Lipinski definition) is 1. The van der Waals surface area contributed by atoms with Gasteiger partial charge in [-0.15, -0.1) is 0 Å². The molecule has 0 aromatic heterocycles. The summed E-state index contributed by atoms with van der Waals surface area (Å²) in [5.41, 5.74) is 3.81. The van der Waals surface area contributed by atoms with Gasteiger partial charge in [0.1, 0.15) is 0 Å². The van der Waals surface area contributed by atoms with Gasteiger partial charge in [0.2, 0.25) is 0 Å². The van der Waals surface area contributed by atoms with Crippen LogP contribution in [0.4, 0.5) is 0 Å². The maximum atomic E-state index is 6.51. The zero-order chi connectivity index (χ0) is 18.0. The zero-order valence-corrected chi connectivity index (χ0v) is 18.3. The van der Waals surface area contributed by atoms with Crippen molar-refractivity contribution in [1.82, 2.24) is 0 Å². The Morgan fingerprint density at radius 1 is 1.04 bits per heavy atom. The molecule has 0 amide bonds. The summed E-state index contributed by atoms with van der Waals surface area (Å²) in [5.74, 6) is 0. The van der Waals surface area contributed by atoms with Gasteiger partial charge in [-0.25, -0.2) is 0 Å². The Kier molecular flexibility index (Phi) is 6.11. The van der Waals surface area contributed by atoms with E-state index in [0.29, 0.717) is 0 Å². The van der Waals surface area contributed by atoms with Gasteiger partial charge in [-0.05, 0) is 54.2 Å². The standard InChI is InChI=1S/C21H29BrOSi/c1-16(23-24(5,6)21(2,3)4)14-17-10-9-11-18(15-17)19-12-7-8-13-20(19)22/h7-13,15-16H,14H2,1-6H3. The molecule has 1 nitrogen and oxygen atoms in total. The lowest BCUT2D eigenvalue weighted by Gasteiger charge is -2.38. The predicted molar refractivity (Wildman–Crippen MR) is 111 cm³/mol. The van der Waals surface area contributed by atoms with Gasteiger partial charge in [0.25, 0.3) is 0 Å². The Morgan fingerprint density at radius 3 is 2.33 bits per heavy atom. The average molecular weight is 405 g/mol. The molecule has 0 heterocycles. The van der Waals surface area contributed by atoms with E-state index in [4.69, 9.17) is 4.43 Å². The van der Waals surface area contributed by atoms with Crippen molar-refractivity contribution in [3.8, 4) is 11.1 Å². The van der Waals surface area contributed by atoms with Crippen molar-refractivity contribution >= 4 is 24.2 Å². The molecule has 130 valence electrons. The minimum absolute atomic E-state index is 0.236. The molecule has 2 rings (SSSR count). The van der Waals surface area contributed by atoms with Crippen LogP contribution < -0.4 is 0 Å². The quantitative estimate of drug-likeness (QED) is 0.484. The molecular formula is C21H29BrOSi. The van der Waals surface area contributed by atoms with E-state index in [0.717, 1.165) is 10.9 Å². The summed E-state index contributed by atoms with van der Waals surface area (Å²) in [5, 5.41) is 0.248. The molecule has 1 atom stereocenters. The van der Waals surface area contributed by atoms with E-state index in [2.05, 4.69) is 99.2 Å². The predicted octanol–water partition coefficient (Wildman–Crippen LogP) is 7.07. The normalized spacial score (nSPS) is 13.8. The number of hydrogen-bond donors (Lipinski definition) is 0. The van der Waals surface area contributed by atoms with Crippen LogP contribution in [-0.2, 0) is 10.8 Å². The minimum Gasteiger partial charge on any atom is -0.414 e. The van der Waals surface area contributed by atoms with Crippen molar-refractivity contribution in [1.29, 1.82) is 0 Å². The Labute approximate surface area is 156 Å². The van der Waals surface area contributed by atoms with E-state index in [9.17, 15) is 0 Å². The second kappa shape index (κ2) is 7.55. The van der Waals surface area contributed by atoms with Crippen molar-refractivity contribution in [2.45, 2.75) is 58.4 Å². The maximum absolute atomic E-state index is 6.51. The Balaban J connectivity index is 2.14.